The van der Waals surface area contributed by atoms with Crippen LogP contribution in [0.2, 0.25) is 0 Å². The van der Waals surface area contributed by atoms with Gasteiger partial charge in [0.05, 0.1) is 24.8 Å². The molecule has 0 amide bonds. The van der Waals surface area contributed by atoms with Crippen LogP contribution in [0.1, 0.15) is 52.8 Å². The molecule has 1 aromatic heterocycles. The van der Waals surface area contributed by atoms with Gasteiger partial charge in [-0.15, -0.1) is 0 Å². The highest BCUT2D eigenvalue weighted by molar-refractivity contribution is 5.08. The monoisotopic (exact) mass is 265 g/mol. The summed E-state index contributed by atoms with van der Waals surface area (Å²) in [5, 5.41) is 3.38. The average molecular weight is 265 g/mol. The Kier molecular flexibility index (Phi) is 4.02. The largest absolute Gasteiger partial charge is 0.369 e. The van der Waals surface area contributed by atoms with E-state index in [0.29, 0.717) is 0 Å². The molecule has 1 N–H and O–H groups in total. The molecule has 4 nitrogen and oxygen atoms in total. The fraction of sp³-hybridized carbons (Fsp3) is 0.800. The second-order valence-corrected chi connectivity index (χ2v) is 7.30. The highest BCUT2D eigenvalue weighted by Gasteiger charge is 2.31. The Morgan fingerprint density at radius 1 is 1.37 bits per heavy atom. The maximum absolute atomic E-state index is 5.86. The lowest BCUT2D eigenvalue weighted by atomic mass is 9.81. The Bertz CT molecular complexity index is 411. The topological polar surface area (TPSA) is 39.1 Å². The van der Waals surface area contributed by atoms with E-state index in [4.69, 9.17) is 4.74 Å². The van der Waals surface area contributed by atoms with Crippen LogP contribution in [-0.2, 0) is 10.3 Å². The van der Waals surface area contributed by atoms with Crippen LogP contribution in [0.25, 0.3) is 0 Å². The van der Waals surface area contributed by atoms with E-state index in [-0.39, 0.29) is 17.1 Å². The molecule has 0 bridgehead atoms. The van der Waals surface area contributed by atoms with Crippen molar-refractivity contribution in [2.75, 3.05) is 19.7 Å². The molecule has 0 aliphatic carbocycles. The molecule has 2 rings (SSSR count). The zero-order valence-electron chi connectivity index (χ0n) is 12.9. The van der Waals surface area contributed by atoms with Crippen LogP contribution in [0.4, 0.5) is 0 Å². The number of hydrogen-bond donors (Lipinski definition) is 1. The molecule has 0 aromatic carbocycles. The summed E-state index contributed by atoms with van der Waals surface area (Å²) in [6.45, 7) is 14.0. The number of ether oxygens (including phenoxy) is 1. The lowest BCUT2D eigenvalue weighted by Gasteiger charge is -2.36. The molecular formula is C15H27N3O. The van der Waals surface area contributed by atoms with Crippen molar-refractivity contribution >= 4 is 0 Å². The standard InChI is InChI=1S/C15H27N3O/c1-14(2,3)10-15(4,5)18-11-17-8-12(18)13-9-16-6-7-19-13/h8,11,13,16H,6-7,9-10H2,1-5H3. The van der Waals surface area contributed by atoms with Crippen LogP contribution in [0.15, 0.2) is 12.5 Å². The van der Waals surface area contributed by atoms with Gasteiger partial charge in [0.1, 0.15) is 6.10 Å². The van der Waals surface area contributed by atoms with E-state index in [2.05, 4.69) is 49.5 Å². The second-order valence-electron chi connectivity index (χ2n) is 7.30. The predicted octanol–water partition coefficient (Wildman–Crippen LogP) is 2.72. The predicted molar refractivity (Wildman–Crippen MR) is 77.2 cm³/mol. The Balaban J connectivity index is 2.22. The summed E-state index contributed by atoms with van der Waals surface area (Å²) in [4.78, 5) is 4.35. The van der Waals surface area contributed by atoms with E-state index in [9.17, 15) is 0 Å². The highest BCUT2D eigenvalue weighted by atomic mass is 16.5. The minimum absolute atomic E-state index is 0.0465. The van der Waals surface area contributed by atoms with E-state index in [1.165, 1.54) is 5.69 Å². The zero-order chi connectivity index (χ0) is 14.1. The van der Waals surface area contributed by atoms with Crippen molar-refractivity contribution in [2.24, 2.45) is 5.41 Å². The summed E-state index contributed by atoms with van der Waals surface area (Å²) < 4.78 is 8.15. The highest BCUT2D eigenvalue weighted by Crippen LogP contribution is 2.34. The Morgan fingerprint density at radius 2 is 2.11 bits per heavy atom. The average Bonchev–Trinajstić information content (AvgIpc) is 2.76. The quantitative estimate of drug-likeness (QED) is 0.913. The summed E-state index contributed by atoms with van der Waals surface area (Å²) in [6.07, 6.45) is 5.11. The number of aromatic nitrogens is 2. The number of nitrogens with zero attached hydrogens (tertiary/aromatic N) is 2. The molecule has 1 fully saturated rings. The lowest BCUT2D eigenvalue weighted by Crippen LogP contribution is -2.38. The summed E-state index contributed by atoms with van der Waals surface area (Å²) in [7, 11) is 0. The molecule has 1 aromatic rings. The number of imidazole rings is 1. The van der Waals surface area contributed by atoms with Crippen molar-refractivity contribution in [3.63, 3.8) is 0 Å². The summed E-state index contributed by atoms with van der Waals surface area (Å²) in [6, 6.07) is 0. The molecule has 2 heterocycles. The van der Waals surface area contributed by atoms with Crippen LogP contribution < -0.4 is 5.32 Å². The van der Waals surface area contributed by atoms with Crippen molar-refractivity contribution < 1.29 is 4.74 Å². The third-order valence-electron chi connectivity index (χ3n) is 3.54. The van der Waals surface area contributed by atoms with E-state index < -0.39 is 0 Å². The Hall–Kier alpha value is -0.870. The van der Waals surface area contributed by atoms with Crippen LogP contribution in [-0.4, -0.2) is 29.2 Å². The number of morpholine rings is 1. The normalized spacial score (nSPS) is 21.6. The van der Waals surface area contributed by atoms with Crippen molar-refractivity contribution in [2.45, 2.75) is 52.7 Å². The molecule has 0 saturated carbocycles. The maximum atomic E-state index is 5.86. The molecular weight excluding hydrogens is 238 g/mol. The molecule has 1 saturated heterocycles. The van der Waals surface area contributed by atoms with Gasteiger partial charge in [-0.3, -0.25) is 0 Å². The fourth-order valence-corrected chi connectivity index (χ4v) is 3.19. The molecule has 1 atom stereocenters. The molecule has 1 unspecified atom stereocenters. The SMILES string of the molecule is CC(C)(C)CC(C)(C)n1cncc1C1CNCCO1. The zero-order valence-corrected chi connectivity index (χ0v) is 12.9. The molecule has 0 radical (unpaired) electrons. The van der Waals surface area contributed by atoms with Crippen molar-refractivity contribution in [3.05, 3.63) is 18.2 Å². The first kappa shape index (κ1) is 14.5. The third kappa shape index (κ3) is 3.57. The van der Waals surface area contributed by atoms with Gasteiger partial charge in [0.25, 0.3) is 0 Å². The fourth-order valence-electron chi connectivity index (χ4n) is 3.19. The van der Waals surface area contributed by atoms with Gasteiger partial charge in [0.2, 0.25) is 0 Å². The van der Waals surface area contributed by atoms with E-state index >= 15 is 0 Å². The van der Waals surface area contributed by atoms with E-state index in [1.54, 1.807) is 0 Å². The number of hydrogen-bond acceptors (Lipinski definition) is 3. The first-order chi connectivity index (χ1) is 8.80. The van der Waals surface area contributed by atoms with E-state index in [0.717, 1.165) is 26.1 Å². The summed E-state index contributed by atoms with van der Waals surface area (Å²) >= 11 is 0. The lowest BCUT2D eigenvalue weighted by molar-refractivity contribution is 0.0191. The molecule has 1 aliphatic heterocycles. The molecule has 4 heteroatoms. The van der Waals surface area contributed by atoms with Gasteiger partial charge in [0, 0.05) is 18.6 Å². The van der Waals surface area contributed by atoms with Crippen LogP contribution >= 0.6 is 0 Å². The Morgan fingerprint density at radius 3 is 2.68 bits per heavy atom. The van der Waals surface area contributed by atoms with Gasteiger partial charge in [-0.05, 0) is 25.7 Å². The smallest absolute Gasteiger partial charge is 0.111 e. The first-order valence-electron chi connectivity index (χ1n) is 7.15. The van der Waals surface area contributed by atoms with Gasteiger partial charge in [0.15, 0.2) is 0 Å². The molecule has 108 valence electrons. The Labute approximate surface area is 116 Å². The molecule has 0 spiro atoms. The molecule has 19 heavy (non-hydrogen) atoms. The first-order valence-corrected chi connectivity index (χ1v) is 7.15. The van der Waals surface area contributed by atoms with Crippen LogP contribution in [0.5, 0.6) is 0 Å². The number of nitrogens with one attached hydrogen (secondary N) is 1. The van der Waals surface area contributed by atoms with Gasteiger partial charge in [-0.1, -0.05) is 20.8 Å². The van der Waals surface area contributed by atoms with Gasteiger partial charge >= 0.3 is 0 Å². The van der Waals surface area contributed by atoms with Crippen LogP contribution in [0, 0.1) is 5.41 Å². The minimum atomic E-state index is 0.0465. The van der Waals surface area contributed by atoms with Crippen molar-refractivity contribution in [1.29, 1.82) is 0 Å². The third-order valence-corrected chi connectivity index (χ3v) is 3.54. The van der Waals surface area contributed by atoms with Gasteiger partial charge in [-0.2, -0.15) is 0 Å². The van der Waals surface area contributed by atoms with Gasteiger partial charge in [-0.25, -0.2) is 4.98 Å². The van der Waals surface area contributed by atoms with Gasteiger partial charge < -0.3 is 14.6 Å². The summed E-state index contributed by atoms with van der Waals surface area (Å²) in [5.74, 6) is 0. The maximum Gasteiger partial charge on any atom is 0.111 e. The summed E-state index contributed by atoms with van der Waals surface area (Å²) in [5.41, 5.74) is 1.52. The van der Waals surface area contributed by atoms with Crippen molar-refractivity contribution in [1.82, 2.24) is 14.9 Å². The van der Waals surface area contributed by atoms with Crippen LogP contribution in [0.3, 0.4) is 0 Å². The van der Waals surface area contributed by atoms with E-state index in [1.807, 2.05) is 12.5 Å². The number of rotatable bonds is 3. The second kappa shape index (κ2) is 5.25. The minimum Gasteiger partial charge on any atom is -0.369 e. The molecule has 1 aliphatic rings. The van der Waals surface area contributed by atoms with Crippen molar-refractivity contribution in [3.8, 4) is 0 Å².